The fourth-order valence-corrected chi connectivity index (χ4v) is 3.07. The Bertz CT molecular complexity index is 651. The van der Waals surface area contributed by atoms with E-state index in [1.165, 1.54) is 0 Å². The molecule has 0 aromatic heterocycles. The maximum atomic E-state index is 12.7. The third-order valence-corrected chi connectivity index (χ3v) is 4.10. The molecule has 1 atom stereocenters. The van der Waals surface area contributed by atoms with Crippen LogP contribution in [0.15, 0.2) is 42.1 Å². The summed E-state index contributed by atoms with van der Waals surface area (Å²) < 4.78 is 0. The molecular formula is C17H18N2O3. The van der Waals surface area contributed by atoms with E-state index in [0.717, 1.165) is 11.3 Å². The smallest absolute Gasteiger partial charge is 0.271 e. The molecule has 2 fully saturated rings. The van der Waals surface area contributed by atoms with Gasteiger partial charge < -0.3 is 4.90 Å². The molecule has 1 aromatic carbocycles. The number of carbonyl (C=O) groups excluding carboxylic acids is 3. The standard InChI is InChI=1S/C17H18N2O3/c1-2-7-14-16(21)18-11-6-10-13(18)17(22)19(14)15(20)12-8-4-3-5-9-12/h3-5,7-9,13H,2,6,10-11H2,1H3/b14-7-/t13-/m0/s1. The number of benzene rings is 1. The van der Waals surface area contributed by atoms with Gasteiger partial charge in [0.25, 0.3) is 17.7 Å². The molecule has 0 aliphatic carbocycles. The first-order valence-corrected chi connectivity index (χ1v) is 7.59. The highest BCUT2D eigenvalue weighted by molar-refractivity contribution is 6.16. The Balaban J connectivity index is 2.02. The van der Waals surface area contributed by atoms with Crippen LogP contribution in [0.5, 0.6) is 0 Å². The van der Waals surface area contributed by atoms with Crippen molar-refractivity contribution in [1.82, 2.24) is 9.80 Å². The molecule has 0 saturated carbocycles. The predicted octanol–water partition coefficient (Wildman–Crippen LogP) is 1.95. The number of imide groups is 1. The molecule has 2 saturated heterocycles. The molecule has 0 N–H and O–H groups in total. The van der Waals surface area contributed by atoms with Gasteiger partial charge in [0.05, 0.1) is 0 Å². The van der Waals surface area contributed by atoms with E-state index < -0.39 is 11.9 Å². The van der Waals surface area contributed by atoms with Crippen molar-refractivity contribution in [3.05, 3.63) is 47.7 Å². The van der Waals surface area contributed by atoms with Gasteiger partial charge in [-0.25, -0.2) is 4.90 Å². The molecule has 0 spiro atoms. The summed E-state index contributed by atoms with van der Waals surface area (Å²) in [5.74, 6) is -0.927. The molecule has 3 amide bonds. The van der Waals surface area contributed by atoms with Gasteiger partial charge in [0.2, 0.25) is 0 Å². The van der Waals surface area contributed by atoms with Gasteiger partial charge in [0, 0.05) is 12.1 Å². The average molecular weight is 298 g/mol. The third kappa shape index (κ3) is 2.22. The van der Waals surface area contributed by atoms with Crippen LogP contribution >= 0.6 is 0 Å². The largest absolute Gasteiger partial charge is 0.325 e. The summed E-state index contributed by atoms with van der Waals surface area (Å²) in [6.45, 7) is 2.47. The van der Waals surface area contributed by atoms with E-state index in [1.807, 2.05) is 13.0 Å². The van der Waals surface area contributed by atoms with Crippen molar-refractivity contribution in [2.45, 2.75) is 32.2 Å². The topological polar surface area (TPSA) is 57.7 Å². The zero-order chi connectivity index (χ0) is 15.7. The van der Waals surface area contributed by atoms with Crippen LogP contribution in [-0.4, -0.2) is 40.1 Å². The average Bonchev–Trinajstić information content (AvgIpc) is 3.03. The Labute approximate surface area is 129 Å². The van der Waals surface area contributed by atoms with E-state index >= 15 is 0 Å². The fourth-order valence-electron chi connectivity index (χ4n) is 3.07. The Hall–Kier alpha value is -2.43. The zero-order valence-electron chi connectivity index (χ0n) is 12.5. The summed E-state index contributed by atoms with van der Waals surface area (Å²) in [6.07, 6.45) is 3.68. The first-order chi connectivity index (χ1) is 10.6. The van der Waals surface area contributed by atoms with Gasteiger partial charge in [0.1, 0.15) is 11.7 Å². The maximum absolute atomic E-state index is 12.7. The molecule has 2 aliphatic heterocycles. The zero-order valence-corrected chi connectivity index (χ0v) is 12.5. The molecule has 2 heterocycles. The second kappa shape index (κ2) is 5.75. The molecule has 0 unspecified atom stereocenters. The normalized spacial score (nSPS) is 23.1. The number of nitrogens with zero attached hydrogens (tertiary/aromatic N) is 2. The van der Waals surface area contributed by atoms with Gasteiger partial charge in [-0.1, -0.05) is 31.2 Å². The van der Waals surface area contributed by atoms with Crippen molar-refractivity contribution >= 4 is 17.7 Å². The van der Waals surface area contributed by atoms with Crippen molar-refractivity contribution in [1.29, 1.82) is 0 Å². The van der Waals surface area contributed by atoms with E-state index in [9.17, 15) is 14.4 Å². The summed E-state index contributed by atoms with van der Waals surface area (Å²) in [4.78, 5) is 40.7. The first kappa shape index (κ1) is 14.5. The lowest BCUT2D eigenvalue weighted by Crippen LogP contribution is -2.57. The maximum Gasteiger partial charge on any atom is 0.271 e. The second-order valence-corrected chi connectivity index (χ2v) is 5.50. The first-order valence-electron chi connectivity index (χ1n) is 7.59. The Morgan fingerprint density at radius 2 is 2.00 bits per heavy atom. The van der Waals surface area contributed by atoms with Gasteiger partial charge in [-0.3, -0.25) is 14.4 Å². The molecule has 3 rings (SSSR count). The lowest BCUT2D eigenvalue weighted by atomic mass is 10.1. The van der Waals surface area contributed by atoms with E-state index in [0.29, 0.717) is 24.9 Å². The molecule has 22 heavy (non-hydrogen) atoms. The molecule has 1 aromatic rings. The van der Waals surface area contributed by atoms with E-state index in [-0.39, 0.29) is 17.5 Å². The minimum absolute atomic E-state index is 0.194. The summed E-state index contributed by atoms with van der Waals surface area (Å²) in [7, 11) is 0. The summed E-state index contributed by atoms with van der Waals surface area (Å²) in [5.41, 5.74) is 0.608. The quantitative estimate of drug-likeness (QED) is 0.619. The van der Waals surface area contributed by atoms with Gasteiger partial charge in [-0.05, 0) is 31.4 Å². The molecule has 0 radical (unpaired) electrons. The molecule has 114 valence electrons. The lowest BCUT2D eigenvalue weighted by Gasteiger charge is -2.37. The van der Waals surface area contributed by atoms with Crippen LogP contribution in [0.25, 0.3) is 0 Å². The molecular weight excluding hydrogens is 280 g/mol. The van der Waals surface area contributed by atoms with Gasteiger partial charge >= 0.3 is 0 Å². The number of rotatable bonds is 2. The summed E-state index contributed by atoms with van der Waals surface area (Å²) in [6, 6.07) is 8.12. The van der Waals surface area contributed by atoms with Crippen molar-refractivity contribution < 1.29 is 14.4 Å². The Morgan fingerprint density at radius 3 is 2.68 bits per heavy atom. The monoisotopic (exact) mass is 298 g/mol. The summed E-state index contributed by atoms with van der Waals surface area (Å²) in [5, 5.41) is 0. The lowest BCUT2D eigenvalue weighted by molar-refractivity contribution is -0.146. The van der Waals surface area contributed by atoms with E-state index in [2.05, 4.69) is 0 Å². The van der Waals surface area contributed by atoms with Crippen LogP contribution < -0.4 is 0 Å². The highest BCUT2D eigenvalue weighted by atomic mass is 16.2. The predicted molar refractivity (Wildman–Crippen MR) is 80.7 cm³/mol. The number of piperazine rings is 1. The molecule has 5 heteroatoms. The van der Waals surface area contributed by atoms with Crippen LogP contribution in [0.4, 0.5) is 0 Å². The van der Waals surface area contributed by atoms with Crippen LogP contribution in [0.3, 0.4) is 0 Å². The Kier molecular flexibility index (Phi) is 3.79. The highest BCUT2D eigenvalue weighted by Crippen LogP contribution is 2.30. The highest BCUT2D eigenvalue weighted by Gasteiger charge is 2.47. The fraction of sp³-hybridized carbons (Fsp3) is 0.353. The van der Waals surface area contributed by atoms with Crippen LogP contribution in [0.2, 0.25) is 0 Å². The number of amides is 3. The SMILES string of the molecule is CC/C=C1/C(=O)N2CCC[C@H]2C(=O)N1C(=O)c1ccccc1. The third-order valence-electron chi connectivity index (χ3n) is 4.10. The van der Waals surface area contributed by atoms with E-state index in [1.54, 1.807) is 35.2 Å². The van der Waals surface area contributed by atoms with Gasteiger partial charge in [0.15, 0.2) is 0 Å². The van der Waals surface area contributed by atoms with Crippen molar-refractivity contribution in [3.8, 4) is 0 Å². The number of allylic oxidation sites excluding steroid dienone is 1. The van der Waals surface area contributed by atoms with Gasteiger partial charge in [-0.15, -0.1) is 0 Å². The minimum Gasteiger partial charge on any atom is -0.325 e. The Morgan fingerprint density at radius 1 is 1.27 bits per heavy atom. The molecule has 2 aliphatic rings. The van der Waals surface area contributed by atoms with Crippen LogP contribution in [0.1, 0.15) is 36.5 Å². The number of carbonyl (C=O) groups is 3. The minimum atomic E-state index is -0.492. The summed E-state index contributed by atoms with van der Waals surface area (Å²) >= 11 is 0. The van der Waals surface area contributed by atoms with Crippen LogP contribution in [-0.2, 0) is 9.59 Å². The second-order valence-electron chi connectivity index (χ2n) is 5.50. The van der Waals surface area contributed by atoms with Crippen molar-refractivity contribution in [3.63, 3.8) is 0 Å². The number of fused-ring (bicyclic) bond motifs is 1. The van der Waals surface area contributed by atoms with Crippen molar-refractivity contribution in [2.24, 2.45) is 0 Å². The number of hydrogen-bond donors (Lipinski definition) is 0. The van der Waals surface area contributed by atoms with Gasteiger partial charge in [-0.2, -0.15) is 0 Å². The molecule has 5 nitrogen and oxygen atoms in total. The van der Waals surface area contributed by atoms with Crippen LogP contribution in [0, 0.1) is 0 Å². The molecule has 0 bridgehead atoms. The van der Waals surface area contributed by atoms with E-state index in [4.69, 9.17) is 0 Å². The number of hydrogen-bond acceptors (Lipinski definition) is 3. The van der Waals surface area contributed by atoms with Crippen molar-refractivity contribution in [2.75, 3.05) is 6.54 Å².